The van der Waals surface area contributed by atoms with Crippen LogP contribution in [0.25, 0.3) is 5.52 Å². The number of pyridine rings is 1. The second kappa shape index (κ2) is 2.79. The highest BCUT2D eigenvalue weighted by Crippen LogP contribution is 2.14. The Kier molecular flexibility index (Phi) is 1.64. The van der Waals surface area contributed by atoms with Crippen LogP contribution in [0.1, 0.15) is 5.56 Å². The van der Waals surface area contributed by atoms with Crippen molar-refractivity contribution in [1.82, 2.24) is 9.61 Å². The van der Waals surface area contributed by atoms with E-state index in [1.165, 1.54) is 6.20 Å². The van der Waals surface area contributed by atoms with Gasteiger partial charge in [0.15, 0.2) is 0 Å². The van der Waals surface area contributed by atoms with Gasteiger partial charge in [-0.05, 0) is 12.1 Å². The van der Waals surface area contributed by atoms with Crippen molar-refractivity contribution in [2.75, 3.05) is 7.11 Å². The van der Waals surface area contributed by atoms with Gasteiger partial charge in [-0.2, -0.15) is 10.4 Å². The predicted molar refractivity (Wildman–Crippen MR) is 46.5 cm³/mol. The molecule has 0 N–H and O–H groups in total. The summed E-state index contributed by atoms with van der Waals surface area (Å²) in [4.78, 5) is 0. The highest BCUT2D eigenvalue weighted by Gasteiger charge is 2.02. The molecule has 0 spiro atoms. The average Bonchev–Trinajstić information content (AvgIpc) is 2.59. The van der Waals surface area contributed by atoms with Gasteiger partial charge in [0.25, 0.3) is 0 Å². The molecule has 0 aliphatic heterocycles. The monoisotopic (exact) mass is 173 g/mol. The third-order valence-electron chi connectivity index (χ3n) is 1.85. The first-order chi connectivity index (χ1) is 6.35. The molecule has 0 aromatic carbocycles. The summed E-state index contributed by atoms with van der Waals surface area (Å²) in [6.45, 7) is 0. The van der Waals surface area contributed by atoms with Gasteiger partial charge in [-0.3, -0.25) is 0 Å². The van der Waals surface area contributed by atoms with Crippen molar-refractivity contribution in [3.63, 3.8) is 0 Å². The summed E-state index contributed by atoms with van der Waals surface area (Å²) in [6.07, 6.45) is 3.27. The summed E-state index contributed by atoms with van der Waals surface area (Å²) < 4.78 is 6.64. The zero-order chi connectivity index (χ0) is 9.26. The Labute approximate surface area is 75.0 Å². The Bertz CT molecular complexity index is 481. The van der Waals surface area contributed by atoms with Crippen LogP contribution >= 0.6 is 0 Å². The van der Waals surface area contributed by atoms with Gasteiger partial charge in [-0.1, -0.05) is 0 Å². The molecule has 0 aliphatic rings. The minimum absolute atomic E-state index is 0.572. The molecule has 2 rings (SSSR count). The maximum atomic E-state index is 8.72. The lowest BCUT2D eigenvalue weighted by atomic mass is 10.3. The lowest BCUT2D eigenvalue weighted by Gasteiger charge is -1.98. The summed E-state index contributed by atoms with van der Waals surface area (Å²) >= 11 is 0. The summed E-state index contributed by atoms with van der Waals surface area (Å²) in [5.41, 5.74) is 1.37. The van der Waals surface area contributed by atoms with Crippen molar-refractivity contribution in [3.8, 4) is 11.8 Å². The van der Waals surface area contributed by atoms with E-state index >= 15 is 0 Å². The summed E-state index contributed by atoms with van der Waals surface area (Å²) in [6, 6.07) is 5.68. The van der Waals surface area contributed by atoms with Crippen LogP contribution in [0.3, 0.4) is 0 Å². The van der Waals surface area contributed by atoms with Gasteiger partial charge in [0, 0.05) is 0 Å². The van der Waals surface area contributed by atoms with Gasteiger partial charge in [0.1, 0.15) is 11.8 Å². The lowest BCUT2D eigenvalue weighted by Crippen LogP contribution is -1.89. The fourth-order valence-corrected chi connectivity index (χ4v) is 1.17. The molecule has 0 atom stereocenters. The van der Waals surface area contributed by atoms with E-state index in [1.54, 1.807) is 23.9 Å². The van der Waals surface area contributed by atoms with Crippen LogP contribution < -0.4 is 4.74 Å². The van der Waals surface area contributed by atoms with E-state index < -0.39 is 0 Å². The molecule has 0 amide bonds. The predicted octanol–water partition coefficient (Wildman–Crippen LogP) is 1.21. The van der Waals surface area contributed by atoms with Crippen LogP contribution in [0.4, 0.5) is 0 Å². The van der Waals surface area contributed by atoms with Gasteiger partial charge in [-0.25, -0.2) is 4.52 Å². The number of fused-ring (bicyclic) bond motifs is 1. The molecule has 4 nitrogen and oxygen atoms in total. The molecule has 13 heavy (non-hydrogen) atoms. The molecule has 64 valence electrons. The Morgan fingerprint density at radius 1 is 1.54 bits per heavy atom. The van der Waals surface area contributed by atoms with E-state index in [0.717, 1.165) is 11.3 Å². The molecule has 0 aliphatic carbocycles. The fraction of sp³-hybridized carbons (Fsp3) is 0.111. The SMILES string of the molecule is COc1ccc2c(C#N)cnn2c1. The number of hydrogen-bond donors (Lipinski definition) is 0. The lowest BCUT2D eigenvalue weighted by molar-refractivity contribution is 0.411. The van der Waals surface area contributed by atoms with Crippen LogP contribution in [0.15, 0.2) is 24.5 Å². The first-order valence-corrected chi connectivity index (χ1v) is 3.76. The summed E-state index contributed by atoms with van der Waals surface area (Å²) in [5.74, 6) is 0.722. The molecule has 0 unspecified atom stereocenters. The zero-order valence-electron chi connectivity index (χ0n) is 7.06. The van der Waals surface area contributed by atoms with Gasteiger partial charge in [-0.15, -0.1) is 0 Å². The van der Waals surface area contributed by atoms with Crippen molar-refractivity contribution in [2.24, 2.45) is 0 Å². The van der Waals surface area contributed by atoms with E-state index in [9.17, 15) is 0 Å². The largest absolute Gasteiger partial charge is 0.495 e. The molecular formula is C9H7N3O. The number of rotatable bonds is 1. The minimum Gasteiger partial charge on any atom is -0.495 e. The first kappa shape index (κ1) is 7.62. The highest BCUT2D eigenvalue weighted by atomic mass is 16.5. The second-order valence-electron chi connectivity index (χ2n) is 2.57. The summed E-state index contributed by atoms with van der Waals surface area (Å²) in [5, 5.41) is 12.7. The molecule has 0 saturated carbocycles. The number of hydrogen-bond acceptors (Lipinski definition) is 3. The van der Waals surface area contributed by atoms with Gasteiger partial charge >= 0.3 is 0 Å². The van der Waals surface area contributed by atoms with Gasteiger partial charge in [0.05, 0.1) is 30.6 Å². The first-order valence-electron chi connectivity index (χ1n) is 3.76. The van der Waals surface area contributed by atoms with Crippen molar-refractivity contribution >= 4 is 5.52 Å². The average molecular weight is 173 g/mol. The molecule has 0 fully saturated rings. The van der Waals surface area contributed by atoms with Crippen LogP contribution in [-0.2, 0) is 0 Å². The number of ether oxygens (including phenoxy) is 1. The van der Waals surface area contributed by atoms with Gasteiger partial charge in [0.2, 0.25) is 0 Å². The fourth-order valence-electron chi connectivity index (χ4n) is 1.17. The maximum absolute atomic E-state index is 8.72. The van der Waals surface area contributed by atoms with E-state index in [2.05, 4.69) is 11.2 Å². The van der Waals surface area contributed by atoms with E-state index in [-0.39, 0.29) is 0 Å². The Morgan fingerprint density at radius 3 is 3.08 bits per heavy atom. The van der Waals surface area contributed by atoms with Crippen LogP contribution in [0, 0.1) is 11.3 Å². The molecular weight excluding hydrogens is 166 g/mol. The third-order valence-corrected chi connectivity index (χ3v) is 1.85. The van der Waals surface area contributed by atoms with Crippen LogP contribution in [-0.4, -0.2) is 16.7 Å². The van der Waals surface area contributed by atoms with Crippen LogP contribution in [0.2, 0.25) is 0 Å². The third kappa shape index (κ3) is 1.11. The molecule has 4 heteroatoms. The Morgan fingerprint density at radius 2 is 2.38 bits per heavy atom. The van der Waals surface area contributed by atoms with E-state index in [4.69, 9.17) is 10.00 Å². The Balaban J connectivity index is 2.70. The van der Waals surface area contributed by atoms with Gasteiger partial charge < -0.3 is 4.74 Å². The molecule has 0 bridgehead atoms. The summed E-state index contributed by atoms with van der Waals surface area (Å²) in [7, 11) is 1.59. The maximum Gasteiger partial charge on any atom is 0.137 e. The molecule has 0 saturated heterocycles. The van der Waals surface area contributed by atoms with Crippen molar-refractivity contribution in [2.45, 2.75) is 0 Å². The molecule has 2 aromatic rings. The van der Waals surface area contributed by atoms with E-state index in [0.29, 0.717) is 5.56 Å². The Hall–Kier alpha value is -2.02. The van der Waals surface area contributed by atoms with Crippen molar-refractivity contribution in [3.05, 3.63) is 30.1 Å². The number of aromatic nitrogens is 2. The topological polar surface area (TPSA) is 50.3 Å². The smallest absolute Gasteiger partial charge is 0.137 e. The quantitative estimate of drug-likeness (QED) is 0.651. The second-order valence-corrected chi connectivity index (χ2v) is 2.57. The van der Waals surface area contributed by atoms with Crippen molar-refractivity contribution < 1.29 is 4.74 Å². The molecule has 2 aromatic heterocycles. The molecule has 0 radical (unpaired) electrons. The zero-order valence-corrected chi connectivity index (χ0v) is 7.06. The number of methoxy groups -OCH3 is 1. The standard InChI is InChI=1S/C9H7N3O/c1-13-8-2-3-9-7(4-10)5-11-12(9)6-8/h2-3,5-6H,1H3. The minimum atomic E-state index is 0.572. The van der Waals surface area contributed by atoms with Crippen molar-refractivity contribution in [1.29, 1.82) is 5.26 Å². The highest BCUT2D eigenvalue weighted by molar-refractivity contribution is 5.60. The van der Waals surface area contributed by atoms with E-state index in [1.807, 2.05) is 6.07 Å². The normalized spacial score (nSPS) is 9.85. The van der Waals surface area contributed by atoms with Crippen LogP contribution in [0.5, 0.6) is 5.75 Å². The number of nitrogens with zero attached hydrogens (tertiary/aromatic N) is 3. The number of nitriles is 1. The molecule has 2 heterocycles.